The minimum Gasteiger partial charge on any atom is -0.497 e. The number of methoxy groups -OCH3 is 2. The largest absolute Gasteiger partial charge is 0.497 e. The topological polar surface area (TPSA) is 93.6 Å². The molecule has 0 fully saturated rings. The summed E-state index contributed by atoms with van der Waals surface area (Å²) in [7, 11) is -0.388. The van der Waals surface area contributed by atoms with Crippen molar-refractivity contribution in [3.8, 4) is 11.5 Å². The van der Waals surface area contributed by atoms with Crippen molar-refractivity contribution in [2.45, 2.75) is 43.5 Å². The number of hydrogen-bond donors (Lipinski definition) is 1. The Balaban J connectivity index is 1.34. The number of aryl methyl sites for hydroxylation is 2. The van der Waals surface area contributed by atoms with Gasteiger partial charge in [-0.3, -0.25) is 0 Å². The first-order valence-electron chi connectivity index (χ1n) is 11.4. The van der Waals surface area contributed by atoms with Crippen LogP contribution < -0.4 is 14.8 Å². The van der Waals surface area contributed by atoms with Gasteiger partial charge < -0.3 is 14.8 Å². The number of sulfonamides is 1. The summed E-state index contributed by atoms with van der Waals surface area (Å²) in [5, 5.41) is 3.19. The molecule has 0 saturated carbocycles. The second-order valence-electron chi connectivity index (χ2n) is 8.62. The van der Waals surface area contributed by atoms with E-state index in [9.17, 15) is 8.42 Å². The highest BCUT2D eigenvalue weighted by atomic mass is 32.2. The Kier molecular flexibility index (Phi) is 6.14. The molecule has 1 aliphatic heterocycles. The van der Waals surface area contributed by atoms with Crippen LogP contribution >= 0.6 is 0 Å². The van der Waals surface area contributed by atoms with Crippen LogP contribution in [0.5, 0.6) is 11.5 Å². The van der Waals surface area contributed by atoms with Crippen LogP contribution in [-0.4, -0.2) is 43.5 Å². The first-order chi connectivity index (χ1) is 16.5. The maximum Gasteiger partial charge on any atom is 0.243 e. The van der Waals surface area contributed by atoms with Gasteiger partial charge in [-0.2, -0.15) is 4.31 Å². The second-order valence-corrected chi connectivity index (χ2v) is 10.6. The first kappa shape index (κ1) is 22.6. The molecule has 1 N–H and O–H groups in total. The molecule has 9 heteroatoms. The van der Waals surface area contributed by atoms with Gasteiger partial charge in [-0.05, 0) is 48.9 Å². The van der Waals surface area contributed by atoms with Crippen molar-refractivity contribution in [2.24, 2.45) is 0 Å². The highest BCUT2D eigenvalue weighted by Gasteiger charge is 2.30. The summed E-state index contributed by atoms with van der Waals surface area (Å²) in [6, 6.07) is 11.0. The number of anilines is 2. The third-order valence-electron chi connectivity index (χ3n) is 6.46. The van der Waals surface area contributed by atoms with Crippen molar-refractivity contribution in [1.82, 2.24) is 14.3 Å². The van der Waals surface area contributed by atoms with E-state index in [-0.39, 0.29) is 6.54 Å². The summed E-state index contributed by atoms with van der Waals surface area (Å²) >= 11 is 0. The fourth-order valence-corrected chi connectivity index (χ4v) is 6.05. The van der Waals surface area contributed by atoms with Gasteiger partial charge in [-0.15, -0.1) is 0 Å². The van der Waals surface area contributed by atoms with Crippen molar-refractivity contribution >= 4 is 21.7 Å². The van der Waals surface area contributed by atoms with E-state index in [0.29, 0.717) is 35.3 Å². The predicted octanol–water partition coefficient (Wildman–Crippen LogP) is 3.86. The number of aromatic nitrogens is 2. The maximum absolute atomic E-state index is 13.4. The average Bonchev–Trinajstić information content (AvgIpc) is 2.87. The number of rotatable bonds is 6. The number of benzene rings is 2. The van der Waals surface area contributed by atoms with Crippen molar-refractivity contribution < 1.29 is 17.9 Å². The van der Waals surface area contributed by atoms with Gasteiger partial charge in [0.25, 0.3) is 0 Å². The fourth-order valence-electron chi connectivity index (χ4n) is 4.58. The molecule has 0 spiro atoms. The summed E-state index contributed by atoms with van der Waals surface area (Å²) in [5.74, 6) is 1.76. The number of nitrogens with zero attached hydrogens (tertiary/aromatic N) is 3. The van der Waals surface area contributed by atoms with Gasteiger partial charge in [0.1, 0.15) is 11.5 Å². The van der Waals surface area contributed by atoms with Gasteiger partial charge in [0.05, 0.1) is 24.8 Å². The van der Waals surface area contributed by atoms with Crippen LogP contribution in [0.3, 0.4) is 0 Å². The molecule has 5 rings (SSSR count). The van der Waals surface area contributed by atoms with Crippen molar-refractivity contribution in [1.29, 1.82) is 0 Å². The molecule has 178 valence electrons. The Morgan fingerprint density at radius 1 is 0.912 bits per heavy atom. The van der Waals surface area contributed by atoms with Crippen LogP contribution in [0.15, 0.2) is 47.5 Å². The zero-order valence-electron chi connectivity index (χ0n) is 19.4. The van der Waals surface area contributed by atoms with E-state index in [4.69, 9.17) is 9.47 Å². The number of nitrogens with one attached hydrogen (secondary N) is 1. The van der Waals surface area contributed by atoms with Gasteiger partial charge in [0, 0.05) is 55.2 Å². The Morgan fingerprint density at radius 3 is 2.38 bits per heavy atom. The molecule has 8 nitrogen and oxygen atoms in total. The fraction of sp³-hybridized carbons (Fsp3) is 0.360. The lowest BCUT2D eigenvalue weighted by Gasteiger charge is -2.28. The Labute approximate surface area is 200 Å². The standard InChI is InChI=1S/C25H28N4O4S/c1-32-21-12-20(13-22(14-21)33-2)27-25-26-15-19-16-29(10-9-24(19)28-25)34(30,31)23-8-7-17-5-3-4-6-18(17)11-23/h7-8,11-15H,3-6,9-10,16H2,1-2H3,(H,26,27,28). The minimum absolute atomic E-state index is 0.266. The molecule has 2 aromatic carbocycles. The molecule has 0 atom stereocenters. The zero-order valence-corrected chi connectivity index (χ0v) is 20.2. The molecule has 0 bridgehead atoms. The van der Waals surface area contributed by atoms with Crippen LogP contribution in [0.1, 0.15) is 35.2 Å². The molecule has 0 radical (unpaired) electrons. The highest BCUT2D eigenvalue weighted by Crippen LogP contribution is 2.30. The Morgan fingerprint density at radius 2 is 1.65 bits per heavy atom. The van der Waals surface area contributed by atoms with Gasteiger partial charge in [0.15, 0.2) is 0 Å². The third-order valence-corrected chi connectivity index (χ3v) is 8.31. The molecule has 34 heavy (non-hydrogen) atoms. The molecule has 0 amide bonds. The molecular weight excluding hydrogens is 452 g/mol. The first-order valence-corrected chi connectivity index (χ1v) is 12.9. The second kappa shape index (κ2) is 9.23. The summed E-state index contributed by atoms with van der Waals surface area (Å²) in [6.45, 7) is 0.651. The van der Waals surface area contributed by atoms with E-state index in [2.05, 4.69) is 15.3 Å². The van der Waals surface area contributed by atoms with E-state index < -0.39 is 10.0 Å². The molecule has 0 unspecified atom stereocenters. The molecule has 1 aromatic heterocycles. The number of hydrogen-bond acceptors (Lipinski definition) is 7. The van der Waals surface area contributed by atoms with Crippen LogP contribution in [0, 0.1) is 0 Å². The quantitative estimate of drug-likeness (QED) is 0.573. The zero-order chi connectivity index (χ0) is 23.7. The van der Waals surface area contributed by atoms with Crippen molar-refractivity contribution in [3.63, 3.8) is 0 Å². The van der Waals surface area contributed by atoms with Gasteiger partial charge in [0.2, 0.25) is 16.0 Å². The SMILES string of the molecule is COc1cc(Nc2ncc3c(n2)CCN(S(=O)(=O)c2ccc4c(c2)CCCC4)C3)cc(OC)c1. The number of ether oxygens (including phenoxy) is 2. The normalized spacial score (nSPS) is 15.8. The molecular formula is C25H28N4O4S. The van der Waals surface area contributed by atoms with Crippen LogP contribution in [0.4, 0.5) is 11.6 Å². The minimum atomic E-state index is -3.58. The smallest absolute Gasteiger partial charge is 0.243 e. The van der Waals surface area contributed by atoms with Crippen molar-refractivity contribution in [2.75, 3.05) is 26.1 Å². The lowest BCUT2D eigenvalue weighted by molar-refractivity contribution is 0.387. The molecule has 1 aliphatic carbocycles. The predicted molar refractivity (Wildman–Crippen MR) is 129 cm³/mol. The summed E-state index contributed by atoms with van der Waals surface area (Å²) in [6.07, 6.45) is 6.50. The van der Waals surface area contributed by atoms with Gasteiger partial charge in [-0.25, -0.2) is 18.4 Å². The lowest BCUT2D eigenvalue weighted by Crippen LogP contribution is -2.36. The lowest BCUT2D eigenvalue weighted by atomic mass is 9.92. The monoisotopic (exact) mass is 480 g/mol. The van der Waals surface area contributed by atoms with Gasteiger partial charge in [-0.1, -0.05) is 6.07 Å². The molecule has 3 aromatic rings. The van der Waals surface area contributed by atoms with E-state index in [1.165, 1.54) is 16.3 Å². The van der Waals surface area contributed by atoms with E-state index in [0.717, 1.165) is 41.8 Å². The van der Waals surface area contributed by atoms with Crippen molar-refractivity contribution in [3.05, 3.63) is 65.0 Å². The summed E-state index contributed by atoms with van der Waals surface area (Å²) in [5.41, 5.74) is 4.85. The maximum atomic E-state index is 13.4. The van der Waals surface area contributed by atoms with E-state index in [1.54, 1.807) is 32.5 Å². The Hall–Kier alpha value is -3.17. The van der Waals surface area contributed by atoms with Gasteiger partial charge >= 0.3 is 0 Å². The molecule has 2 heterocycles. The molecule has 2 aliphatic rings. The van der Waals surface area contributed by atoms with E-state index in [1.807, 2.05) is 24.3 Å². The summed E-state index contributed by atoms with van der Waals surface area (Å²) < 4.78 is 38.9. The average molecular weight is 481 g/mol. The summed E-state index contributed by atoms with van der Waals surface area (Å²) in [4.78, 5) is 9.44. The third kappa shape index (κ3) is 4.45. The number of fused-ring (bicyclic) bond motifs is 2. The highest BCUT2D eigenvalue weighted by molar-refractivity contribution is 7.89. The van der Waals surface area contributed by atoms with Crippen LogP contribution in [0.2, 0.25) is 0 Å². The van der Waals surface area contributed by atoms with E-state index >= 15 is 0 Å². The van der Waals surface area contributed by atoms with Crippen LogP contribution in [-0.2, 0) is 35.8 Å². The van der Waals surface area contributed by atoms with Crippen LogP contribution in [0.25, 0.3) is 0 Å². The molecule has 0 saturated heterocycles. The Bertz CT molecular complexity index is 1300.